The first-order valence-corrected chi connectivity index (χ1v) is 12.2. The second-order valence-corrected chi connectivity index (χ2v) is 9.57. The van der Waals surface area contributed by atoms with Crippen LogP contribution in [-0.4, -0.2) is 23.8 Å². The van der Waals surface area contributed by atoms with Crippen LogP contribution in [0, 0.1) is 24.2 Å². The maximum Gasteiger partial charge on any atom is 0.407 e. The van der Waals surface area contributed by atoms with Gasteiger partial charge in [0, 0.05) is 16.5 Å². The maximum absolute atomic E-state index is 12.3. The van der Waals surface area contributed by atoms with Gasteiger partial charge in [0.2, 0.25) is 5.91 Å². The van der Waals surface area contributed by atoms with Gasteiger partial charge in [-0.3, -0.25) is 4.79 Å². The zero-order valence-corrected chi connectivity index (χ0v) is 19.6. The van der Waals surface area contributed by atoms with Crippen LogP contribution in [0.3, 0.4) is 0 Å². The van der Waals surface area contributed by atoms with Crippen LogP contribution < -0.4 is 10.6 Å². The topological polar surface area (TPSA) is 117 Å². The van der Waals surface area contributed by atoms with E-state index in [0.29, 0.717) is 36.6 Å². The summed E-state index contributed by atoms with van der Waals surface area (Å²) in [5.74, 6) is -0.108. The van der Waals surface area contributed by atoms with E-state index < -0.39 is 6.09 Å². The van der Waals surface area contributed by atoms with Crippen molar-refractivity contribution < 1.29 is 18.8 Å². The number of anilines is 1. The second-order valence-electron chi connectivity index (χ2n) is 7.69. The molecule has 1 aliphatic carbocycles. The molecule has 0 fully saturated rings. The van der Waals surface area contributed by atoms with Gasteiger partial charge in [-0.05, 0) is 66.1 Å². The smallest absolute Gasteiger partial charge is 0.407 e. The fourth-order valence-electron chi connectivity index (χ4n) is 3.59. The maximum atomic E-state index is 12.3. The lowest BCUT2D eigenvalue weighted by atomic mass is 9.88. The van der Waals surface area contributed by atoms with Crippen LogP contribution in [0.2, 0.25) is 0 Å². The third-order valence-electron chi connectivity index (χ3n) is 5.41. The number of fused-ring (bicyclic) bond motifs is 1. The molecule has 0 aromatic carbocycles. The van der Waals surface area contributed by atoms with Gasteiger partial charge in [-0.15, -0.1) is 11.3 Å². The Labute approximate surface area is 198 Å². The highest BCUT2D eigenvalue weighted by molar-refractivity contribution is 7.16. The molecule has 8 nitrogen and oxygen atoms in total. The molecule has 1 aliphatic rings. The minimum Gasteiger partial charge on any atom is -0.449 e. The minimum atomic E-state index is -0.490. The van der Waals surface area contributed by atoms with E-state index in [4.69, 9.17) is 9.26 Å². The summed E-state index contributed by atoms with van der Waals surface area (Å²) < 4.78 is 10.2. The first kappa shape index (κ1) is 22.8. The molecule has 2 amide bonds. The fraction of sp³-hybridized carbons (Fsp3) is 0.304. The van der Waals surface area contributed by atoms with Crippen molar-refractivity contribution in [3.8, 4) is 6.07 Å². The summed E-state index contributed by atoms with van der Waals surface area (Å²) in [5.41, 5.74) is 4.02. The molecule has 0 radical (unpaired) electrons. The van der Waals surface area contributed by atoms with Gasteiger partial charge >= 0.3 is 6.09 Å². The van der Waals surface area contributed by atoms with Crippen LogP contribution in [0.4, 0.5) is 9.80 Å². The number of hydrogen-bond donors (Lipinski definition) is 2. The summed E-state index contributed by atoms with van der Waals surface area (Å²) in [6.45, 7) is 2.39. The molecular weight excluding hydrogens is 460 g/mol. The number of ether oxygens (including phenoxy) is 1. The van der Waals surface area contributed by atoms with Crippen LogP contribution in [0.25, 0.3) is 6.08 Å². The lowest BCUT2D eigenvalue weighted by molar-refractivity contribution is -0.111. The Balaban J connectivity index is 1.31. The third-order valence-corrected chi connectivity index (χ3v) is 7.28. The fourth-order valence-corrected chi connectivity index (χ4v) is 5.54. The summed E-state index contributed by atoms with van der Waals surface area (Å²) in [6.07, 6.45) is 6.44. The molecule has 33 heavy (non-hydrogen) atoms. The monoisotopic (exact) mass is 482 g/mol. The Morgan fingerprint density at radius 3 is 3.06 bits per heavy atom. The highest BCUT2D eigenvalue weighted by Crippen LogP contribution is 2.39. The van der Waals surface area contributed by atoms with E-state index in [1.807, 2.05) is 16.8 Å². The number of aromatic nitrogens is 1. The Morgan fingerprint density at radius 1 is 1.45 bits per heavy atom. The molecule has 0 bridgehead atoms. The molecule has 2 N–H and O–H groups in total. The van der Waals surface area contributed by atoms with E-state index in [0.717, 1.165) is 33.7 Å². The molecule has 170 valence electrons. The number of nitrogens with one attached hydrogen (secondary N) is 2. The van der Waals surface area contributed by atoms with Gasteiger partial charge in [-0.1, -0.05) is 5.16 Å². The Bertz CT molecular complexity index is 1200. The number of alkyl carbamates (subject to hydrolysis) is 1. The summed E-state index contributed by atoms with van der Waals surface area (Å²) in [6, 6.07) is 4.17. The first-order valence-electron chi connectivity index (χ1n) is 10.4. The normalized spacial score (nSPS) is 15.1. The van der Waals surface area contributed by atoms with E-state index in [-0.39, 0.29) is 11.8 Å². The van der Waals surface area contributed by atoms with Crippen molar-refractivity contribution >= 4 is 45.8 Å². The Hall–Kier alpha value is -3.42. The molecule has 1 unspecified atom stereocenters. The van der Waals surface area contributed by atoms with Gasteiger partial charge < -0.3 is 19.9 Å². The second kappa shape index (κ2) is 10.5. The lowest BCUT2D eigenvalue weighted by Crippen LogP contribution is -2.27. The lowest BCUT2D eigenvalue weighted by Gasteiger charge is -2.21. The van der Waals surface area contributed by atoms with Crippen LogP contribution in [-0.2, 0) is 28.9 Å². The largest absolute Gasteiger partial charge is 0.449 e. The van der Waals surface area contributed by atoms with Gasteiger partial charge in [0.25, 0.3) is 0 Å². The molecule has 3 heterocycles. The first-order chi connectivity index (χ1) is 16.0. The van der Waals surface area contributed by atoms with Gasteiger partial charge in [0.1, 0.15) is 17.3 Å². The predicted molar refractivity (Wildman–Crippen MR) is 126 cm³/mol. The van der Waals surface area contributed by atoms with Gasteiger partial charge in [-0.25, -0.2) is 4.79 Å². The van der Waals surface area contributed by atoms with Crippen molar-refractivity contribution in [1.82, 2.24) is 10.5 Å². The Morgan fingerprint density at radius 2 is 2.33 bits per heavy atom. The van der Waals surface area contributed by atoms with Crippen LogP contribution in [0.1, 0.15) is 39.2 Å². The zero-order chi connectivity index (χ0) is 23.2. The van der Waals surface area contributed by atoms with Crippen molar-refractivity contribution in [2.24, 2.45) is 5.92 Å². The van der Waals surface area contributed by atoms with Gasteiger partial charge in [-0.2, -0.15) is 16.6 Å². The molecule has 0 saturated heterocycles. The number of thiophene rings is 2. The van der Waals surface area contributed by atoms with E-state index in [9.17, 15) is 14.9 Å². The number of carbonyl (C=O) groups is 2. The van der Waals surface area contributed by atoms with Crippen molar-refractivity contribution in [2.45, 2.75) is 32.7 Å². The molecule has 4 rings (SSSR count). The average Bonchev–Trinajstić information content (AvgIpc) is 3.54. The molecule has 10 heteroatoms. The molecule has 0 saturated carbocycles. The van der Waals surface area contributed by atoms with E-state index in [1.165, 1.54) is 23.7 Å². The summed E-state index contributed by atoms with van der Waals surface area (Å²) in [7, 11) is 0. The van der Waals surface area contributed by atoms with Crippen molar-refractivity contribution in [3.05, 3.63) is 62.0 Å². The van der Waals surface area contributed by atoms with Crippen LogP contribution in [0.15, 0.2) is 33.7 Å². The summed E-state index contributed by atoms with van der Waals surface area (Å²) in [5, 5.41) is 23.4. The minimum absolute atomic E-state index is 0.160. The number of carbonyl (C=O) groups excluding carboxylic acids is 2. The van der Waals surface area contributed by atoms with Crippen molar-refractivity contribution in [1.29, 1.82) is 5.26 Å². The van der Waals surface area contributed by atoms with Crippen molar-refractivity contribution in [2.75, 3.05) is 11.9 Å². The molecule has 1 atom stereocenters. The molecule has 0 spiro atoms. The van der Waals surface area contributed by atoms with E-state index in [2.05, 4.69) is 21.9 Å². The number of nitrogens with zero attached hydrogens (tertiary/aromatic N) is 2. The highest BCUT2D eigenvalue weighted by atomic mass is 32.1. The van der Waals surface area contributed by atoms with Crippen LogP contribution in [0.5, 0.6) is 0 Å². The number of aryl methyl sites for hydroxylation is 1. The molecule has 3 aromatic heterocycles. The number of nitriles is 1. The average molecular weight is 483 g/mol. The Kier molecular flexibility index (Phi) is 7.22. The zero-order valence-electron chi connectivity index (χ0n) is 17.9. The highest BCUT2D eigenvalue weighted by Gasteiger charge is 2.27. The number of rotatable bonds is 7. The van der Waals surface area contributed by atoms with Crippen molar-refractivity contribution in [3.63, 3.8) is 0 Å². The third kappa shape index (κ3) is 5.69. The quantitative estimate of drug-likeness (QED) is 0.473. The van der Waals surface area contributed by atoms with Gasteiger partial charge in [0.15, 0.2) is 0 Å². The van der Waals surface area contributed by atoms with E-state index >= 15 is 0 Å². The SMILES string of the molecule is Cc1nocc1CNC(=O)OCC1CCc2c(sc(NC(=O)/C=C/c3ccsc3)c2C#N)C1. The molecule has 0 aliphatic heterocycles. The molecular formula is C23H22N4O4S2. The summed E-state index contributed by atoms with van der Waals surface area (Å²) >= 11 is 2.99. The van der Waals surface area contributed by atoms with E-state index in [1.54, 1.807) is 24.3 Å². The molecule has 3 aromatic rings. The predicted octanol–water partition coefficient (Wildman–Crippen LogP) is 4.66. The van der Waals surface area contributed by atoms with Crippen LogP contribution >= 0.6 is 22.7 Å². The summed E-state index contributed by atoms with van der Waals surface area (Å²) in [4.78, 5) is 25.4. The number of hydrogen-bond acceptors (Lipinski definition) is 8. The van der Waals surface area contributed by atoms with Gasteiger partial charge in [0.05, 0.1) is 24.4 Å². The standard InChI is InChI=1S/C23H22N4O4S2/c1-14-17(12-31-27-14)10-25-23(29)30-11-16-2-4-18-19(9-24)22(33-20(18)8-16)26-21(28)5-3-15-6-7-32-13-15/h3,5-7,12-13,16H,2,4,8,10-11H2,1H3,(H,25,29)(H,26,28)/b5-3+. The number of amides is 2.